The van der Waals surface area contributed by atoms with Crippen LogP contribution in [-0.4, -0.2) is 43.0 Å². The summed E-state index contributed by atoms with van der Waals surface area (Å²) < 4.78 is 22.9. The van der Waals surface area contributed by atoms with Gasteiger partial charge in [0.05, 0.1) is 27.4 Å². The number of para-hydroxylation sites is 2. The van der Waals surface area contributed by atoms with Crippen molar-refractivity contribution in [3.05, 3.63) is 77.9 Å². The molecule has 180 valence electrons. The second kappa shape index (κ2) is 8.78. The van der Waals surface area contributed by atoms with E-state index in [0.29, 0.717) is 34.3 Å². The number of hydrogen-bond acceptors (Lipinski definition) is 6. The predicted octanol–water partition coefficient (Wildman–Crippen LogP) is 5.20. The van der Waals surface area contributed by atoms with E-state index in [4.69, 9.17) is 31.2 Å². The number of anilines is 1. The van der Waals surface area contributed by atoms with Crippen LogP contribution in [0, 0.1) is 0 Å². The highest BCUT2D eigenvalue weighted by Gasteiger charge is 2.53. The highest BCUT2D eigenvalue weighted by atomic mass is 32.1. The molecule has 35 heavy (non-hydrogen) atoms. The first-order valence-corrected chi connectivity index (χ1v) is 11.6. The van der Waals surface area contributed by atoms with E-state index in [1.54, 1.807) is 17.0 Å². The smallest absolute Gasteiger partial charge is 0.260 e. The summed E-state index contributed by atoms with van der Waals surface area (Å²) in [6.45, 7) is 2.01. The van der Waals surface area contributed by atoms with Crippen molar-refractivity contribution in [1.29, 1.82) is 0 Å². The van der Waals surface area contributed by atoms with Crippen LogP contribution in [0.3, 0.4) is 0 Å². The minimum atomic E-state index is -0.760. The van der Waals surface area contributed by atoms with Crippen molar-refractivity contribution in [2.24, 2.45) is 0 Å². The first-order chi connectivity index (χ1) is 16.9. The number of carbonyl (C=O) groups is 1. The van der Waals surface area contributed by atoms with E-state index in [2.05, 4.69) is 0 Å². The van der Waals surface area contributed by atoms with Crippen LogP contribution in [0.5, 0.6) is 23.0 Å². The highest BCUT2D eigenvalue weighted by Crippen LogP contribution is 2.50. The molecule has 2 atom stereocenters. The van der Waals surface area contributed by atoms with E-state index in [-0.39, 0.29) is 11.9 Å². The van der Waals surface area contributed by atoms with Gasteiger partial charge in [-0.05, 0) is 49.5 Å². The van der Waals surface area contributed by atoms with E-state index in [1.807, 2.05) is 66.4 Å². The maximum absolute atomic E-state index is 14.2. The molecule has 0 radical (unpaired) electrons. The van der Waals surface area contributed by atoms with Crippen LogP contribution in [0.1, 0.15) is 35.3 Å². The number of amides is 1. The third kappa shape index (κ3) is 3.65. The second-order valence-electron chi connectivity index (χ2n) is 8.58. The average molecular weight is 491 g/mol. The number of carbonyl (C=O) groups excluding carboxylic acids is 1. The molecule has 2 unspecified atom stereocenters. The molecular formula is C27H26N2O5S. The lowest BCUT2D eigenvalue weighted by atomic mass is 9.88. The molecule has 1 saturated heterocycles. The van der Waals surface area contributed by atoms with Crippen LogP contribution >= 0.6 is 12.2 Å². The summed E-state index contributed by atoms with van der Waals surface area (Å²) >= 11 is 6.00. The van der Waals surface area contributed by atoms with Gasteiger partial charge in [-0.2, -0.15) is 0 Å². The lowest BCUT2D eigenvalue weighted by molar-refractivity contribution is 0.0184. The molecule has 3 aromatic carbocycles. The number of benzene rings is 3. The molecule has 1 fully saturated rings. The molecule has 0 spiro atoms. The van der Waals surface area contributed by atoms with Crippen molar-refractivity contribution in [2.45, 2.75) is 25.1 Å². The van der Waals surface area contributed by atoms with Crippen LogP contribution in [0.15, 0.2) is 66.7 Å². The molecule has 0 saturated carbocycles. The van der Waals surface area contributed by atoms with Gasteiger partial charge in [-0.25, -0.2) is 0 Å². The van der Waals surface area contributed by atoms with Gasteiger partial charge in [0.1, 0.15) is 5.75 Å². The first-order valence-electron chi connectivity index (χ1n) is 11.2. The van der Waals surface area contributed by atoms with Gasteiger partial charge in [0.2, 0.25) is 5.75 Å². The molecule has 0 aromatic heterocycles. The average Bonchev–Trinajstić information content (AvgIpc) is 2.87. The maximum Gasteiger partial charge on any atom is 0.260 e. The van der Waals surface area contributed by atoms with Gasteiger partial charge in [0.15, 0.2) is 22.3 Å². The Hall–Kier alpha value is -3.78. The third-order valence-corrected chi connectivity index (χ3v) is 6.89. The number of nitrogens with zero attached hydrogens (tertiary/aromatic N) is 2. The number of rotatable bonds is 5. The summed E-state index contributed by atoms with van der Waals surface area (Å²) in [5.74, 6) is 1.68. The molecular weight excluding hydrogens is 464 g/mol. The van der Waals surface area contributed by atoms with Gasteiger partial charge >= 0.3 is 0 Å². The zero-order chi connectivity index (χ0) is 24.7. The molecule has 8 heteroatoms. The van der Waals surface area contributed by atoms with Crippen molar-refractivity contribution in [1.82, 2.24) is 4.90 Å². The van der Waals surface area contributed by atoms with Crippen molar-refractivity contribution in [3.8, 4) is 23.0 Å². The molecule has 0 N–H and O–H groups in total. The van der Waals surface area contributed by atoms with Gasteiger partial charge in [0.25, 0.3) is 5.91 Å². The molecule has 7 nitrogen and oxygen atoms in total. The highest BCUT2D eigenvalue weighted by molar-refractivity contribution is 7.80. The lowest BCUT2D eigenvalue weighted by Crippen LogP contribution is -2.67. The fourth-order valence-corrected chi connectivity index (χ4v) is 5.45. The second-order valence-corrected chi connectivity index (χ2v) is 8.94. The van der Waals surface area contributed by atoms with Crippen LogP contribution < -0.4 is 23.8 Å². The lowest BCUT2D eigenvalue weighted by Gasteiger charge is -2.55. The van der Waals surface area contributed by atoms with E-state index < -0.39 is 5.72 Å². The zero-order valence-electron chi connectivity index (χ0n) is 20.0. The minimum Gasteiger partial charge on any atom is -0.493 e. The number of hydrogen-bond donors (Lipinski definition) is 0. The summed E-state index contributed by atoms with van der Waals surface area (Å²) in [4.78, 5) is 17.8. The van der Waals surface area contributed by atoms with Gasteiger partial charge in [-0.1, -0.05) is 36.4 Å². The third-order valence-electron chi connectivity index (χ3n) is 6.51. The molecule has 1 amide bonds. The fourth-order valence-electron chi connectivity index (χ4n) is 4.94. The van der Waals surface area contributed by atoms with Crippen molar-refractivity contribution >= 4 is 28.9 Å². The Morgan fingerprint density at radius 2 is 1.60 bits per heavy atom. The molecule has 2 heterocycles. The standard InChI is InChI=1S/C27H26N2O5S/c1-27-16-20(19-12-8-9-13-21(19)34-27)28(26(35)29(27)18-10-6-5-7-11-18)25(30)17-14-22(31-2)24(33-4)23(15-17)32-3/h5-15,20H,16H2,1-4H3. The van der Waals surface area contributed by atoms with Crippen LogP contribution in [0.25, 0.3) is 0 Å². The summed E-state index contributed by atoms with van der Waals surface area (Å²) in [7, 11) is 4.57. The normalized spacial score (nSPS) is 20.6. The molecule has 0 aliphatic carbocycles. The Balaban J connectivity index is 1.67. The number of fused-ring (bicyclic) bond motifs is 4. The quantitative estimate of drug-likeness (QED) is 0.456. The molecule has 5 rings (SSSR count). The number of methoxy groups -OCH3 is 3. The summed E-state index contributed by atoms with van der Waals surface area (Å²) in [5.41, 5.74) is 1.38. The summed E-state index contributed by atoms with van der Waals surface area (Å²) in [5, 5.41) is 0.364. The predicted molar refractivity (Wildman–Crippen MR) is 137 cm³/mol. The fraction of sp³-hybridized carbons (Fsp3) is 0.259. The topological polar surface area (TPSA) is 60.5 Å². The SMILES string of the molecule is COc1cc(C(=O)N2C(=S)N(c3ccccc3)C3(C)CC2c2ccccc2O3)cc(OC)c1OC. The van der Waals surface area contributed by atoms with E-state index in [9.17, 15) is 4.79 Å². The van der Waals surface area contributed by atoms with Crippen molar-refractivity contribution in [3.63, 3.8) is 0 Å². The van der Waals surface area contributed by atoms with Crippen LogP contribution in [0.2, 0.25) is 0 Å². The van der Waals surface area contributed by atoms with Crippen molar-refractivity contribution < 1.29 is 23.7 Å². The van der Waals surface area contributed by atoms with E-state index >= 15 is 0 Å². The summed E-state index contributed by atoms with van der Waals surface area (Å²) in [6, 6.07) is 20.5. The van der Waals surface area contributed by atoms with E-state index in [0.717, 1.165) is 17.0 Å². The Morgan fingerprint density at radius 3 is 2.23 bits per heavy atom. The zero-order valence-corrected chi connectivity index (χ0v) is 20.8. The monoisotopic (exact) mass is 490 g/mol. The number of thiocarbonyl (C=S) groups is 1. The Morgan fingerprint density at radius 1 is 0.971 bits per heavy atom. The molecule has 2 aliphatic heterocycles. The van der Waals surface area contributed by atoms with Gasteiger partial charge in [-0.3, -0.25) is 14.6 Å². The maximum atomic E-state index is 14.2. The van der Waals surface area contributed by atoms with E-state index in [1.165, 1.54) is 21.3 Å². The minimum absolute atomic E-state index is 0.265. The number of ether oxygens (including phenoxy) is 4. The van der Waals surface area contributed by atoms with Crippen molar-refractivity contribution in [2.75, 3.05) is 26.2 Å². The molecule has 2 bridgehead atoms. The molecule has 2 aliphatic rings. The summed E-state index contributed by atoms with van der Waals surface area (Å²) in [6.07, 6.45) is 0.537. The van der Waals surface area contributed by atoms with Crippen LogP contribution in [-0.2, 0) is 0 Å². The Labute approximate surface area is 209 Å². The molecule has 3 aromatic rings. The Bertz CT molecular complexity index is 1270. The Kier molecular flexibility index (Phi) is 5.76. The van der Waals surface area contributed by atoms with Crippen LogP contribution in [0.4, 0.5) is 5.69 Å². The van der Waals surface area contributed by atoms with Gasteiger partial charge in [-0.15, -0.1) is 0 Å². The van der Waals surface area contributed by atoms with Gasteiger partial charge in [0, 0.05) is 23.2 Å². The largest absolute Gasteiger partial charge is 0.493 e. The van der Waals surface area contributed by atoms with Gasteiger partial charge < -0.3 is 18.9 Å². The first kappa shape index (κ1) is 23.0.